The largest absolute Gasteiger partial charge is 0.326 e. The molecule has 0 saturated heterocycles. The van der Waals surface area contributed by atoms with Gasteiger partial charge in [-0.3, -0.25) is 9.78 Å². The molecule has 0 spiro atoms. The van der Waals surface area contributed by atoms with Gasteiger partial charge in [-0.25, -0.2) is 21.6 Å². The van der Waals surface area contributed by atoms with Crippen molar-refractivity contribution >= 4 is 31.5 Å². The number of hydrogen-bond acceptors (Lipinski definition) is 6. The zero-order valence-corrected chi connectivity index (χ0v) is 19.2. The fourth-order valence-corrected chi connectivity index (χ4v) is 5.85. The van der Waals surface area contributed by atoms with Gasteiger partial charge in [0.1, 0.15) is 5.25 Å². The lowest BCUT2D eigenvalue weighted by Crippen LogP contribution is -2.32. The Morgan fingerprint density at radius 2 is 1.56 bits per heavy atom. The number of nitrogens with zero attached hydrogens (tertiary/aromatic N) is 1. The molecule has 3 rings (SSSR count). The highest BCUT2D eigenvalue weighted by Crippen LogP contribution is 2.29. The van der Waals surface area contributed by atoms with E-state index in [-0.39, 0.29) is 22.2 Å². The highest BCUT2D eigenvalue weighted by Gasteiger charge is 2.31. The van der Waals surface area contributed by atoms with Gasteiger partial charge in [0.25, 0.3) is 0 Å². The molecule has 1 amide bonds. The number of nitrogens with one attached hydrogen (secondary N) is 2. The smallest absolute Gasteiger partial charge is 0.240 e. The van der Waals surface area contributed by atoms with E-state index in [1.54, 1.807) is 24.3 Å². The molecule has 32 heavy (non-hydrogen) atoms. The molecule has 0 aliphatic carbocycles. The van der Waals surface area contributed by atoms with Crippen molar-refractivity contribution in [1.29, 1.82) is 0 Å². The second kappa shape index (κ2) is 9.60. The van der Waals surface area contributed by atoms with E-state index in [0.717, 1.165) is 5.56 Å². The van der Waals surface area contributed by atoms with E-state index in [0.29, 0.717) is 11.3 Å². The van der Waals surface area contributed by atoms with E-state index in [2.05, 4.69) is 15.0 Å². The molecular formula is C22H23N3O5S2. The average molecular weight is 474 g/mol. The first kappa shape index (κ1) is 23.6. The molecule has 2 aromatic carbocycles. The number of aromatic nitrogens is 1. The van der Waals surface area contributed by atoms with Crippen molar-refractivity contribution < 1.29 is 21.6 Å². The second-order valence-corrected chi connectivity index (χ2v) is 11.1. The van der Waals surface area contributed by atoms with E-state index in [9.17, 15) is 21.6 Å². The van der Waals surface area contributed by atoms with E-state index < -0.39 is 25.1 Å². The van der Waals surface area contributed by atoms with Crippen LogP contribution in [0.1, 0.15) is 23.3 Å². The quantitative estimate of drug-likeness (QED) is 0.519. The molecule has 2 N–H and O–H groups in total. The Balaban J connectivity index is 1.89. The van der Waals surface area contributed by atoms with Crippen molar-refractivity contribution in [3.63, 3.8) is 0 Å². The van der Waals surface area contributed by atoms with Crippen LogP contribution in [0.5, 0.6) is 0 Å². The van der Waals surface area contributed by atoms with Crippen molar-refractivity contribution in [3.05, 3.63) is 84.2 Å². The van der Waals surface area contributed by atoms with Crippen molar-refractivity contribution in [2.45, 2.75) is 28.9 Å². The van der Waals surface area contributed by atoms with Crippen molar-refractivity contribution in [2.24, 2.45) is 0 Å². The number of sulfonamides is 1. The molecule has 1 unspecified atom stereocenters. The molecule has 10 heteroatoms. The Bertz CT molecular complexity index is 1290. The predicted molar refractivity (Wildman–Crippen MR) is 121 cm³/mol. The summed E-state index contributed by atoms with van der Waals surface area (Å²) in [7, 11) is -7.92. The summed E-state index contributed by atoms with van der Waals surface area (Å²) in [4.78, 5) is 15.2. The summed E-state index contributed by atoms with van der Waals surface area (Å²) in [6.45, 7) is 2.82. The molecule has 0 radical (unpaired) electrons. The van der Waals surface area contributed by atoms with Crippen LogP contribution in [0.2, 0.25) is 0 Å². The van der Waals surface area contributed by atoms with Crippen LogP contribution in [0.15, 0.2) is 82.8 Å². The summed E-state index contributed by atoms with van der Waals surface area (Å²) >= 11 is 0. The lowest BCUT2D eigenvalue weighted by atomic mass is 10.2. The number of sulfone groups is 1. The highest BCUT2D eigenvalue weighted by molar-refractivity contribution is 7.92. The molecule has 0 bridgehead atoms. The Morgan fingerprint density at radius 3 is 2.12 bits per heavy atom. The molecule has 168 valence electrons. The summed E-state index contributed by atoms with van der Waals surface area (Å²) in [6.07, 6.45) is 2.92. The number of amides is 1. The molecule has 3 aromatic rings. The number of carbonyl (C=O) groups is 1. The molecule has 0 fully saturated rings. The number of hydrogen-bond donors (Lipinski definition) is 2. The zero-order valence-electron chi connectivity index (χ0n) is 17.5. The fourth-order valence-electron chi connectivity index (χ4n) is 3.05. The molecule has 0 aliphatic rings. The Kier molecular flexibility index (Phi) is 7.07. The van der Waals surface area contributed by atoms with Gasteiger partial charge >= 0.3 is 0 Å². The van der Waals surface area contributed by atoms with Gasteiger partial charge in [-0.05, 0) is 55.0 Å². The van der Waals surface area contributed by atoms with Crippen LogP contribution in [0.4, 0.5) is 5.69 Å². The molecule has 0 saturated carbocycles. The first-order valence-electron chi connectivity index (χ1n) is 9.67. The van der Waals surface area contributed by atoms with Crippen LogP contribution in [0, 0.1) is 6.92 Å². The van der Waals surface area contributed by atoms with Gasteiger partial charge in [0.15, 0.2) is 9.84 Å². The van der Waals surface area contributed by atoms with Gasteiger partial charge in [0.05, 0.1) is 9.79 Å². The van der Waals surface area contributed by atoms with Gasteiger partial charge in [-0.1, -0.05) is 23.8 Å². The number of carbonyl (C=O) groups excluding carboxylic acids is 1. The minimum atomic E-state index is -4.01. The minimum Gasteiger partial charge on any atom is -0.326 e. The molecule has 1 aromatic heterocycles. The van der Waals surface area contributed by atoms with Crippen LogP contribution in [0.25, 0.3) is 0 Å². The standard InChI is InChI=1S/C22H23N3O5S2/c1-16-5-9-20(10-6-16)31(27,28)22(18-4-3-13-23-14-18)15-24-32(29,30)21-11-7-19(8-12-21)25-17(2)26/h3-14,22,24H,15H2,1-2H3,(H,25,26). The Hall–Kier alpha value is -3.08. The summed E-state index contributed by atoms with van der Waals surface area (Å²) in [5.41, 5.74) is 1.73. The average Bonchev–Trinajstić information content (AvgIpc) is 2.75. The third kappa shape index (κ3) is 5.58. The van der Waals surface area contributed by atoms with E-state index in [4.69, 9.17) is 0 Å². The third-order valence-electron chi connectivity index (χ3n) is 4.72. The minimum absolute atomic E-state index is 0.0516. The Morgan fingerprint density at radius 1 is 0.938 bits per heavy atom. The fraction of sp³-hybridized carbons (Fsp3) is 0.182. The lowest BCUT2D eigenvalue weighted by Gasteiger charge is -2.19. The van der Waals surface area contributed by atoms with E-state index in [1.807, 2.05) is 6.92 Å². The topological polar surface area (TPSA) is 122 Å². The number of pyridine rings is 1. The highest BCUT2D eigenvalue weighted by atomic mass is 32.2. The summed E-state index contributed by atoms with van der Waals surface area (Å²) < 4.78 is 54.7. The number of aryl methyl sites for hydroxylation is 1. The third-order valence-corrected chi connectivity index (χ3v) is 8.28. The second-order valence-electron chi connectivity index (χ2n) is 7.19. The van der Waals surface area contributed by atoms with Crippen LogP contribution >= 0.6 is 0 Å². The van der Waals surface area contributed by atoms with Crippen molar-refractivity contribution in [2.75, 3.05) is 11.9 Å². The molecule has 8 nitrogen and oxygen atoms in total. The van der Waals surface area contributed by atoms with E-state index >= 15 is 0 Å². The monoisotopic (exact) mass is 473 g/mol. The van der Waals surface area contributed by atoms with E-state index in [1.165, 1.54) is 55.7 Å². The maximum Gasteiger partial charge on any atom is 0.240 e. The van der Waals surface area contributed by atoms with Crippen molar-refractivity contribution in [1.82, 2.24) is 9.71 Å². The van der Waals surface area contributed by atoms with Crippen LogP contribution < -0.4 is 10.0 Å². The maximum absolute atomic E-state index is 13.3. The Labute approximate surface area is 187 Å². The molecule has 1 atom stereocenters. The summed E-state index contributed by atoms with van der Waals surface area (Å²) in [5, 5.41) is 1.38. The first-order chi connectivity index (χ1) is 15.1. The van der Waals surface area contributed by atoms with Gasteiger partial charge in [-0.15, -0.1) is 0 Å². The van der Waals surface area contributed by atoms with Gasteiger partial charge in [-0.2, -0.15) is 0 Å². The number of benzene rings is 2. The molecule has 0 aliphatic heterocycles. The van der Waals surface area contributed by atoms with Gasteiger partial charge in [0.2, 0.25) is 15.9 Å². The number of rotatable bonds is 8. The predicted octanol–water partition coefficient (Wildman–Crippen LogP) is 2.84. The van der Waals surface area contributed by atoms with Crippen LogP contribution in [0.3, 0.4) is 0 Å². The van der Waals surface area contributed by atoms with Gasteiger partial charge < -0.3 is 5.32 Å². The number of anilines is 1. The van der Waals surface area contributed by atoms with Crippen LogP contribution in [-0.4, -0.2) is 34.3 Å². The first-order valence-corrected chi connectivity index (χ1v) is 12.7. The van der Waals surface area contributed by atoms with Gasteiger partial charge in [0, 0.05) is 31.5 Å². The maximum atomic E-state index is 13.3. The summed E-state index contributed by atoms with van der Waals surface area (Å²) in [6, 6.07) is 15.2. The molecular weight excluding hydrogens is 450 g/mol. The SMILES string of the molecule is CC(=O)Nc1ccc(S(=O)(=O)NCC(c2cccnc2)S(=O)(=O)c2ccc(C)cc2)cc1. The summed E-state index contributed by atoms with van der Waals surface area (Å²) in [5.74, 6) is -0.278. The van der Waals surface area contributed by atoms with Crippen molar-refractivity contribution in [3.8, 4) is 0 Å². The normalized spacial score (nSPS) is 12.8. The lowest BCUT2D eigenvalue weighted by molar-refractivity contribution is -0.114. The molecule has 1 heterocycles. The zero-order chi connectivity index (χ0) is 23.4. The van der Waals surface area contributed by atoms with Crippen LogP contribution in [-0.2, 0) is 24.7 Å².